The van der Waals surface area contributed by atoms with Crippen LogP contribution in [0.2, 0.25) is 0 Å². The molecule has 3 nitrogen and oxygen atoms in total. The Kier molecular flexibility index (Phi) is 11.5. The first-order chi connectivity index (χ1) is 6.77. The highest BCUT2D eigenvalue weighted by atomic mass is 32.2. The summed E-state index contributed by atoms with van der Waals surface area (Å²) in [5.74, 6) is 2.42. The lowest BCUT2D eigenvalue weighted by atomic mass is 10.5. The monoisotopic (exact) mass is 220 g/mol. The number of rotatable bonds is 10. The molecule has 0 aromatic carbocycles. The SMILES string of the molecule is COCCCSCCNCCN(C)C. The van der Waals surface area contributed by atoms with E-state index in [0.29, 0.717) is 0 Å². The predicted octanol–water partition coefficient (Wildman–Crippen LogP) is 0.907. The van der Waals surface area contributed by atoms with Crippen molar-refractivity contribution in [2.45, 2.75) is 6.42 Å². The summed E-state index contributed by atoms with van der Waals surface area (Å²) >= 11 is 2.00. The molecule has 0 saturated carbocycles. The Morgan fingerprint density at radius 2 is 2.00 bits per heavy atom. The number of ether oxygens (including phenoxy) is 1. The fourth-order valence-electron chi connectivity index (χ4n) is 0.979. The zero-order valence-corrected chi connectivity index (χ0v) is 10.5. The zero-order chi connectivity index (χ0) is 10.6. The molecule has 14 heavy (non-hydrogen) atoms. The maximum absolute atomic E-state index is 4.98. The van der Waals surface area contributed by atoms with Crippen LogP contribution in [0.5, 0.6) is 0 Å². The van der Waals surface area contributed by atoms with Crippen LogP contribution in [-0.4, -0.2) is 63.9 Å². The summed E-state index contributed by atoms with van der Waals surface area (Å²) in [6.07, 6.45) is 1.17. The molecule has 0 rings (SSSR count). The van der Waals surface area contributed by atoms with Crippen LogP contribution in [0.25, 0.3) is 0 Å². The number of hydrogen-bond acceptors (Lipinski definition) is 4. The van der Waals surface area contributed by atoms with E-state index in [1.807, 2.05) is 11.8 Å². The van der Waals surface area contributed by atoms with Crippen molar-refractivity contribution in [2.24, 2.45) is 0 Å². The molecule has 0 atom stereocenters. The minimum absolute atomic E-state index is 0.890. The minimum atomic E-state index is 0.890. The summed E-state index contributed by atoms with van der Waals surface area (Å²) in [5, 5.41) is 3.41. The summed E-state index contributed by atoms with van der Waals surface area (Å²) in [5.41, 5.74) is 0. The normalized spacial score (nSPS) is 11.1. The van der Waals surface area contributed by atoms with E-state index < -0.39 is 0 Å². The third kappa shape index (κ3) is 12.2. The van der Waals surface area contributed by atoms with Gasteiger partial charge in [-0.1, -0.05) is 0 Å². The van der Waals surface area contributed by atoms with Crippen LogP contribution in [0.4, 0.5) is 0 Å². The Morgan fingerprint density at radius 3 is 2.64 bits per heavy atom. The summed E-state index contributed by atoms with van der Waals surface area (Å²) < 4.78 is 4.98. The number of nitrogens with one attached hydrogen (secondary N) is 1. The van der Waals surface area contributed by atoms with E-state index >= 15 is 0 Å². The molecule has 0 aromatic rings. The van der Waals surface area contributed by atoms with Crippen LogP contribution in [-0.2, 0) is 4.74 Å². The van der Waals surface area contributed by atoms with Crippen molar-refractivity contribution in [3.05, 3.63) is 0 Å². The maximum atomic E-state index is 4.98. The van der Waals surface area contributed by atoms with E-state index in [9.17, 15) is 0 Å². The highest BCUT2D eigenvalue weighted by Gasteiger charge is 1.91. The van der Waals surface area contributed by atoms with Crippen molar-refractivity contribution in [2.75, 3.05) is 59.0 Å². The largest absolute Gasteiger partial charge is 0.385 e. The van der Waals surface area contributed by atoms with Gasteiger partial charge in [-0.2, -0.15) is 11.8 Å². The molecule has 0 amide bonds. The fraction of sp³-hybridized carbons (Fsp3) is 1.00. The van der Waals surface area contributed by atoms with Crippen molar-refractivity contribution in [1.29, 1.82) is 0 Å². The highest BCUT2D eigenvalue weighted by molar-refractivity contribution is 7.99. The van der Waals surface area contributed by atoms with Crippen molar-refractivity contribution < 1.29 is 4.74 Å². The van der Waals surface area contributed by atoms with Gasteiger partial charge >= 0.3 is 0 Å². The Bertz CT molecular complexity index is 112. The van der Waals surface area contributed by atoms with Gasteiger partial charge in [0.1, 0.15) is 0 Å². The molecule has 0 aliphatic heterocycles. The molecular formula is C10H24N2OS. The van der Waals surface area contributed by atoms with Crippen LogP contribution in [0, 0.1) is 0 Å². The van der Waals surface area contributed by atoms with Crippen molar-refractivity contribution >= 4 is 11.8 Å². The second-order valence-corrected chi connectivity index (χ2v) is 4.74. The predicted molar refractivity (Wildman–Crippen MR) is 65.2 cm³/mol. The first-order valence-electron chi connectivity index (χ1n) is 5.19. The van der Waals surface area contributed by atoms with Gasteiger partial charge in [0.15, 0.2) is 0 Å². The molecule has 0 radical (unpaired) electrons. The van der Waals surface area contributed by atoms with E-state index in [0.717, 1.165) is 26.2 Å². The van der Waals surface area contributed by atoms with Gasteiger partial charge < -0.3 is 15.0 Å². The van der Waals surface area contributed by atoms with Crippen molar-refractivity contribution in [1.82, 2.24) is 10.2 Å². The molecule has 86 valence electrons. The molecule has 0 saturated heterocycles. The number of nitrogens with zero attached hydrogens (tertiary/aromatic N) is 1. The molecule has 1 N–H and O–H groups in total. The lowest BCUT2D eigenvalue weighted by molar-refractivity contribution is 0.200. The Balaban J connectivity index is 2.85. The van der Waals surface area contributed by atoms with Gasteiger partial charge in [-0.25, -0.2) is 0 Å². The molecule has 0 heterocycles. The molecular weight excluding hydrogens is 196 g/mol. The van der Waals surface area contributed by atoms with E-state index in [1.54, 1.807) is 7.11 Å². The number of likely N-dealkylation sites (N-methyl/N-ethyl adjacent to an activating group) is 1. The smallest absolute Gasteiger partial charge is 0.0470 e. The molecule has 0 spiro atoms. The number of methoxy groups -OCH3 is 1. The summed E-state index contributed by atoms with van der Waals surface area (Å²) in [6.45, 7) is 4.21. The fourth-order valence-corrected chi connectivity index (χ4v) is 1.79. The molecule has 0 aliphatic carbocycles. The van der Waals surface area contributed by atoms with Crippen LogP contribution < -0.4 is 5.32 Å². The number of hydrogen-bond donors (Lipinski definition) is 1. The Labute approximate surface area is 92.6 Å². The van der Waals surface area contributed by atoms with E-state index in [1.165, 1.54) is 17.9 Å². The Morgan fingerprint density at radius 1 is 1.21 bits per heavy atom. The summed E-state index contributed by atoms with van der Waals surface area (Å²) in [7, 11) is 5.95. The zero-order valence-electron chi connectivity index (χ0n) is 9.71. The van der Waals surface area contributed by atoms with E-state index in [4.69, 9.17) is 4.74 Å². The van der Waals surface area contributed by atoms with Gasteiger partial charge in [-0.15, -0.1) is 0 Å². The van der Waals surface area contributed by atoms with Crippen LogP contribution in [0.1, 0.15) is 6.42 Å². The molecule has 0 aliphatic rings. The second kappa shape index (κ2) is 11.3. The van der Waals surface area contributed by atoms with Gasteiger partial charge in [0.05, 0.1) is 0 Å². The summed E-state index contributed by atoms with van der Waals surface area (Å²) in [6, 6.07) is 0. The van der Waals surface area contributed by atoms with Gasteiger partial charge in [0, 0.05) is 39.1 Å². The van der Waals surface area contributed by atoms with Gasteiger partial charge in [0.2, 0.25) is 0 Å². The molecule has 4 heteroatoms. The van der Waals surface area contributed by atoms with Crippen LogP contribution in [0.15, 0.2) is 0 Å². The average molecular weight is 220 g/mol. The van der Waals surface area contributed by atoms with Crippen molar-refractivity contribution in [3.63, 3.8) is 0 Å². The average Bonchev–Trinajstić information content (AvgIpc) is 2.15. The molecule has 0 aromatic heterocycles. The van der Waals surface area contributed by atoms with E-state index in [-0.39, 0.29) is 0 Å². The lowest BCUT2D eigenvalue weighted by Gasteiger charge is -2.09. The first-order valence-corrected chi connectivity index (χ1v) is 6.35. The third-order valence-corrected chi connectivity index (χ3v) is 2.87. The van der Waals surface area contributed by atoms with E-state index in [2.05, 4.69) is 24.3 Å². The lowest BCUT2D eigenvalue weighted by Crippen LogP contribution is -2.28. The van der Waals surface area contributed by atoms with Crippen LogP contribution >= 0.6 is 11.8 Å². The summed E-state index contributed by atoms with van der Waals surface area (Å²) in [4.78, 5) is 2.19. The topological polar surface area (TPSA) is 24.5 Å². The van der Waals surface area contributed by atoms with Crippen LogP contribution in [0.3, 0.4) is 0 Å². The first kappa shape index (κ1) is 14.2. The van der Waals surface area contributed by atoms with Crippen molar-refractivity contribution in [3.8, 4) is 0 Å². The molecule has 0 fully saturated rings. The quantitative estimate of drug-likeness (QED) is 0.553. The second-order valence-electron chi connectivity index (χ2n) is 3.51. The number of thioether (sulfide) groups is 1. The van der Waals surface area contributed by atoms with Gasteiger partial charge in [-0.3, -0.25) is 0 Å². The maximum Gasteiger partial charge on any atom is 0.0470 e. The standard InChI is InChI=1S/C10H24N2OS/c1-12(2)7-5-11-6-10-14-9-4-8-13-3/h11H,4-10H2,1-3H3. The third-order valence-electron chi connectivity index (χ3n) is 1.80. The Hall–Kier alpha value is 0.230. The minimum Gasteiger partial charge on any atom is -0.385 e. The van der Waals surface area contributed by atoms with Gasteiger partial charge in [0.25, 0.3) is 0 Å². The molecule has 0 unspecified atom stereocenters. The van der Waals surface area contributed by atoms with Gasteiger partial charge in [-0.05, 0) is 26.3 Å². The highest BCUT2D eigenvalue weighted by Crippen LogP contribution is 2.00. The molecule has 0 bridgehead atoms.